The third-order valence-electron chi connectivity index (χ3n) is 3.60. The van der Waals surface area contributed by atoms with Crippen LogP contribution in [-0.2, 0) is 22.6 Å². The maximum Gasteiger partial charge on any atom is 0.408 e. The molecule has 0 spiro atoms. The Balaban J connectivity index is 2.00. The fourth-order valence-corrected chi connectivity index (χ4v) is 2.42. The van der Waals surface area contributed by atoms with E-state index in [9.17, 15) is 9.59 Å². The number of hydrogen-bond acceptors (Lipinski definition) is 3. The molecule has 0 bridgehead atoms. The van der Waals surface area contributed by atoms with Crippen molar-refractivity contribution in [2.75, 3.05) is 0 Å². The van der Waals surface area contributed by atoms with Crippen LogP contribution in [0.25, 0.3) is 0 Å². The molecule has 2 N–H and O–H groups in total. The minimum Gasteiger partial charge on any atom is -0.445 e. The van der Waals surface area contributed by atoms with Crippen LogP contribution in [0, 0.1) is 0 Å². The minimum absolute atomic E-state index is 0.158. The number of ether oxygens (including phenoxy) is 1. The van der Waals surface area contributed by atoms with Crippen molar-refractivity contribution in [3.63, 3.8) is 0 Å². The van der Waals surface area contributed by atoms with Crippen molar-refractivity contribution >= 4 is 12.0 Å². The molecule has 5 heteroatoms. The van der Waals surface area contributed by atoms with Gasteiger partial charge in [-0.2, -0.15) is 0 Å². The van der Waals surface area contributed by atoms with E-state index in [1.54, 1.807) is 0 Å². The highest BCUT2D eigenvalue weighted by molar-refractivity contribution is 5.86. The van der Waals surface area contributed by atoms with Gasteiger partial charge in [-0.1, -0.05) is 60.7 Å². The monoisotopic (exact) mass is 354 g/mol. The van der Waals surface area contributed by atoms with Crippen LogP contribution in [0.2, 0.25) is 0 Å². The summed E-state index contributed by atoms with van der Waals surface area (Å²) in [4.78, 5) is 24.8. The number of carbonyl (C=O) groups is 2. The zero-order valence-corrected chi connectivity index (χ0v) is 15.5. The molecule has 1 atom stereocenters. The van der Waals surface area contributed by atoms with E-state index in [1.807, 2.05) is 81.4 Å². The molecule has 0 aliphatic carbocycles. The molecule has 2 amide bonds. The van der Waals surface area contributed by atoms with E-state index in [1.165, 1.54) is 0 Å². The Kier molecular flexibility index (Phi) is 6.78. The number of carbonyl (C=O) groups excluding carboxylic acids is 2. The number of hydrogen-bond donors (Lipinski definition) is 2. The molecule has 0 fully saturated rings. The summed E-state index contributed by atoms with van der Waals surface area (Å²) in [6, 6.07) is 18.3. The summed E-state index contributed by atoms with van der Waals surface area (Å²) in [5.74, 6) is -0.238. The molecule has 2 aromatic rings. The molecule has 0 saturated carbocycles. The highest BCUT2D eigenvalue weighted by atomic mass is 16.5. The Bertz CT molecular complexity index is 709. The van der Waals surface area contributed by atoms with Crippen molar-refractivity contribution in [2.24, 2.45) is 0 Å². The van der Waals surface area contributed by atoms with Gasteiger partial charge in [-0.3, -0.25) is 4.79 Å². The Morgan fingerprint density at radius 3 is 2.00 bits per heavy atom. The molecule has 2 aromatic carbocycles. The number of nitrogens with one attached hydrogen (secondary N) is 2. The van der Waals surface area contributed by atoms with Crippen molar-refractivity contribution in [1.29, 1.82) is 0 Å². The third-order valence-corrected chi connectivity index (χ3v) is 3.60. The minimum atomic E-state index is -0.708. The van der Waals surface area contributed by atoms with Crippen molar-refractivity contribution in [3.05, 3.63) is 71.8 Å². The standard InChI is InChI=1S/C21H26N2O3/c1-21(2,3)23-19(24)18(14-16-10-6-4-7-11-16)22-20(25)26-15-17-12-8-5-9-13-17/h4-13,18H,14-15H2,1-3H3,(H,22,25)(H,23,24). The number of rotatable bonds is 6. The second-order valence-corrected chi connectivity index (χ2v) is 7.19. The fraction of sp³-hybridized carbons (Fsp3) is 0.333. The molecule has 0 aromatic heterocycles. The summed E-state index contributed by atoms with van der Waals surface area (Å²) in [6.07, 6.45) is -0.220. The van der Waals surface area contributed by atoms with Crippen molar-refractivity contribution < 1.29 is 14.3 Å². The first-order valence-electron chi connectivity index (χ1n) is 8.67. The van der Waals surface area contributed by atoms with Gasteiger partial charge in [0.15, 0.2) is 0 Å². The van der Waals surface area contributed by atoms with Gasteiger partial charge in [0, 0.05) is 12.0 Å². The van der Waals surface area contributed by atoms with Crippen LogP contribution in [0.1, 0.15) is 31.9 Å². The van der Waals surface area contributed by atoms with Gasteiger partial charge in [-0.15, -0.1) is 0 Å². The highest BCUT2D eigenvalue weighted by Crippen LogP contribution is 2.07. The molecule has 138 valence electrons. The molecular formula is C21H26N2O3. The lowest BCUT2D eigenvalue weighted by Gasteiger charge is -2.25. The highest BCUT2D eigenvalue weighted by Gasteiger charge is 2.25. The van der Waals surface area contributed by atoms with Crippen molar-refractivity contribution in [3.8, 4) is 0 Å². The predicted molar refractivity (Wildman–Crippen MR) is 102 cm³/mol. The summed E-state index contributed by atoms with van der Waals surface area (Å²) >= 11 is 0. The van der Waals surface area contributed by atoms with Crippen molar-refractivity contribution in [1.82, 2.24) is 10.6 Å². The SMILES string of the molecule is CC(C)(C)NC(=O)C(Cc1ccccc1)NC(=O)OCc1ccccc1. The van der Waals surface area contributed by atoms with Crippen LogP contribution in [0.15, 0.2) is 60.7 Å². The van der Waals surface area contributed by atoms with E-state index in [2.05, 4.69) is 10.6 Å². The first kappa shape index (κ1) is 19.5. The topological polar surface area (TPSA) is 67.4 Å². The number of alkyl carbamates (subject to hydrolysis) is 1. The molecule has 1 unspecified atom stereocenters. The van der Waals surface area contributed by atoms with Gasteiger partial charge in [0.2, 0.25) is 5.91 Å². The predicted octanol–water partition coefficient (Wildman–Crippen LogP) is 3.44. The molecule has 0 aliphatic rings. The molecule has 0 saturated heterocycles. The second kappa shape index (κ2) is 9.04. The van der Waals surface area contributed by atoms with Gasteiger partial charge < -0.3 is 15.4 Å². The van der Waals surface area contributed by atoms with E-state index in [0.717, 1.165) is 11.1 Å². The van der Waals surface area contributed by atoms with Gasteiger partial charge in [0.25, 0.3) is 0 Å². The Labute approximate surface area is 154 Å². The maximum atomic E-state index is 12.6. The zero-order chi connectivity index (χ0) is 19.0. The number of benzene rings is 2. The maximum absolute atomic E-state index is 12.6. The molecular weight excluding hydrogens is 328 g/mol. The van der Waals surface area contributed by atoms with Gasteiger partial charge in [0.05, 0.1) is 0 Å². The summed E-state index contributed by atoms with van der Waals surface area (Å²) in [7, 11) is 0. The van der Waals surface area contributed by atoms with Crippen LogP contribution in [0.4, 0.5) is 4.79 Å². The first-order valence-corrected chi connectivity index (χ1v) is 8.67. The first-order chi connectivity index (χ1) is 12.3. The lowest BCUT2D eigenvalue weighted by molar-refractivity contribution is -0.124. The van der Waals surface area contributed by atoms with Gasteiger partial charge in [-0.05, 0) is 31.9 Å². The lowest BCUT2D eigenvalue weighted by Crippen LogP contribution is -2.53. The molecule has 26 heavy (non-hydrogen) atoms. The molecule has 2 rings (SSSR count). The fourth-order valence-electron chi connectivity index (χ4n) is 2.42. The average Bonchev–Trinajstić information content (AvgIpc) is 2.60. The Morgan fingerprint density at radius 2 is 1.46 bits per heavy atom. The molecule has 0 heterocycles. The third kappa shape index (κ3) is 6.97. The Hall–Kier alpha value is -2.82. The average molecular weight is 354 g/mol. The van der Waals surface area contributed by atoms with Crippen LogP contribution in [0.3, 0.4) is 0 Å². The largest absolute Gasteiger partial charge is 0.445 e. The van der Waals surface area contributed by atoms with E-state index < -0.39 is 12.1 Å². The van der Waals surface area contributed by atoms with Crippen molar-refractivity contribution in [2.45, 2.75) is 45.4 Å². The van der Waals surface area contributed by atoms with Crippen LogP contribution in [0.5, 0.6) is 0 Å². The van der Waals surface area contributed by atoms with E-state index in [-0.39, 0.29) is 18.1 Å². The van der Waals surface area contributed by atoms with Crippen LogP contribution in [-0.4, -0.2) is 23.6 Å². The van der Waals surface area contributed by atoms with Crippen LogP contribution < -0.4 is 10.6 Å². The Morgan fingerprint density at radius 1 is 0.923 bits per heavy atom. The molecule has 5 nitrogen and oxygen atoms in total. The zero-order valence-electron chi connectivity index (χ0n) is 15.5. The quantitative estimate of drug-likeness (QED) is 0.835. The van der Waals surface area contributed by atoms with Gasteiger partial charge in [-0.25, -0.2) is 4.79 Å². The molecule has 0 aliphatic heterocycles. The number of amides is 2. The summed E-state index contributed by atoms with van der Waals surface area (Å²) in [5.41, 5.74) is 1.47. The second-order valence-electron chi connectivity index (χ2n) is 7.19. The van der Waals surface area contributed by atoms with Gasteiger partial charge in [0.1, 0.15) is 12.6 Å². The summed E-state index contributed by atoms with van der Waals surface area (Å²) in [6.45, 7) is 5.86. The van der Waals surface area contributed by atoms with Crippen LogP contribution >= 0.6 is 0 Å². The van der Waals surface area contributed by atoms with Gasteiger partial charge >= 0.3 is 6.09 Å². The normalized spacial score (nSPS) is 12.1. The summed E-state index contributed by atoms with van der Waals surface area (Å²) in [5, 5.41) is 5.59. The van der Waals surface area contributed by atoms with E-state index in [4.69, 9.17) is 4.74 Å². The lowest BCUT2D eigenvalue weighted by atomic mass is 10.0. The summed E-state index contributed by atoms with van der Waals surface area (Å²) < 4.78 is 5.25. The molecule has 0 radical (unpaired) electrons. The van der Waals surface area contributed by atoms with E-state index >= 15 is 0 Å². The smallest absolute Gasteiger partial charge is 0.408 e. The van der Waals surface area contributed by atoms with E-state index in [0.29, 0.717) is 6.42 Å².